The Morgan fingerprint density at radius 2 is 1.50 bits per heavy atom. The van der Waals surface area contributed by atoms with Gasteiger partial charge >= 0.3 is 0 Å². The standard InChI is InChI=1S/C26H27Br2N3O4S/c1-29-26(33)24(16-19-8-4-3-5-9-19)30(17-20-12-14-21(27)15-13-20)25(32)18-31(36(2,34)35)23-11-7-6-10-22(23)28/h3-15,24H,16-18H2,1-2H3,(H,29,33). The van der Waals surface area contributed by atoms with Crippen molar-refractivity contribution in [3.8, 4) is 0 Å². The number of nitrogens with zero attached hydrogens (tertiary/aromatic N) is 2. The molecule has 0 aliphatic rings. The number of rotatable bonds is 10. The van der Waals surface area contributed by atoms with Gasteiger partial charge in [-0.3, -0.25) is 13.9 Å². The molecule has 1 N–H and O–H groups in total. The van der Waals surface area contributed by atoms with Crippen LogP contribution in [0.3, 0.4) is 0 Å². The zero-order valence-electron chi connectivity index (χ0n) is 19.9. The molecular weight excluding hydrogens is 610 g/mol. The number of sulfonamides is 1. The van der Waals surface area contributed by atoms with E-state index in [0.717, 1.165) is 26.2 Å². The summed E-state index contributed by atoms with van der Waals surface area (Å²) in [6.45, 7) is -0.329. The maximum Gasteiger partial charge on any atom is 0.244 e. The molecule has 36 heavy (non-hydrogen) atoms. The van der Waals surface area contributed by atoms with Crippen molar-refractivity contribution >= 4 is 59.4 Å². The molecule has 0 aliphatic carbocycles. The number of amides is 2. The molecule has 1 atom stereocenters. The lowest BCUT2D eigenvalue weighted by Gasteiger charge is -2.33. The van der Waals surface area contributed by atoms with E-state index in [0.29, 0.717) is 10.2 Å². The van der Waals surface area contributed by atoms with Crippen LogP contribution >= 0.6 is 31.9 Å². The second-order valence-electron chi connectivity index (χ2n) is 8.19. The Labute approximate surface area is 228 Å². The molecule has 3 aromatic rings. The predicted molar refractivity (Wildman–Crippen MR) is 149 cm³/mol. The van der Waals surface area contributed by atoms with Gasteiger partial charge in [0.1, 0.15) is 12.6 Å². The van der Waals surface area contributed by atoms with Crippen molar-refractivity contribution in [3.05, 3.63) is 98.9 Å². The van der Waals surface area contributed by atoms with Gasteiger partial charge < -0.3 is 10.2 Å². The highest BCUT2D eigenvalue weighted by molar-refractivity contribution is 9.10. The van der Waals surface area contributed by atoms with E-state index in [-0.39, 0.29) is 18.9 Å². The predicted octanol–water partition coefficient (Wildman–Crippen LogP) is 4.36. The van der Waals surface area contributed by atoms with Crippen molar-refractivity contribution in [2.75, 3.05) is 24.2 Å². The average Bonchev–Trinajstić information content (AvgIpc) is 2.85. The first-order valence-corrected chi connectivity index (χ1v) is 14.5. The van der Waals surface area contributed by atoms with Gasteiger partial charge in [0.05, 0.1) is 11.9 Å². The third kappa shape index (κ3) is 7.41. The van der Waals surface area contributed by atoms with Crippen molar-refractivity contribution in [2.24, 2.45) is 0 Å². The highest BCUT2D eigenvalue weighted by Gasteiger charge is 2.33. The van der Waals surface area contributed by atoms with Gasteiger partial charge in [0, 0.05) is 29.0 Å². The van der Waals surface area contributed by atoms with Crippen LogP contribution in [0.4, 0.5) is 5.69 Å². The number of hydrogen-bond acceptors (Lipinski definition) is 4. The summed E-state index contributed by atoms with van der Waals surface area (Å²) in [6, 6.07) is 22.8. The van der Waals surface area contributed by atoms with Gasteiger partial charge in [-0.15, -0.1) is 0 Å². The largest absolute Gasteiger partial charge is 0.357 e. The lowest BCUT2D eigenvalue weighted by atomic mass is 10.0. The molecule has 190 valence electrons. The molecule has 0 aromatic heterocycles. The number of halogens is 2. The summed E-state index contributed by atoms with van der Waals surface area (Å²) in [4.78, 5) is 28.3. The first-order chi connectivity index (χ1) is 17.1. The summed E-state index contributed by atoms with van der Waals surface area (Å²) in [5.41, 5.74) is 2.03. The number of nitrogens with one attached hydrogen (secondary N) is 1. The van der Waals surface area contributed by atoms with Crippen LogP contribution in [0.1, 0.15) is 11.1 Å². The smallest absolute Gasteiger partial charge is 0.244 e. The van der Waals surface area contributed by atoms with Gasteiger partial charge in [-0.2, -0.15) is 0 Å². The van der Waals surface area contributed by atoms with Crippen LogP contribution in [0.15, 0.2) is 87.8 Å². The second kappa shape index (κ2) is 12.5. The van der Waals surface area contributed by atoms with Crippen LogP contribution in [-0.4, -0.2) is 51.0 Å². The third-order valence-corrected chi connectivity index (χ3v) is 7.91. The molecule has 2 amide bonds. The maximum absolute atomic E-state index is 13.8. The molecule has 0 aliphatic heterocycles. The average molecular weight is 637 g/mol. The number of carbonyl (C=O) groups is 2. The number of para-hydroxylation sites is 1. The normalized spacial score (nSPS) is 12.0. The van der Waals surface area contributed by atoms with Gasteiger partial charge in [0.25, 0.3) is 0 Å². The quantitative estimate of drug-likeness (QED) is 0.358. The monoisotopic (exact) mass is 635 g/mol. The van der Waals surface area contributed by atoms with Crippen LogP contribution in [0.5, 0.6) is 0 Å². The van der Waals surface area contributed by atoms with Crippen LogP contribution in [-0.2, 0) is 32.6 Å². The maximum atomic E-state index is 13.8. The molecule has 3 rings (SSSR count). The van der Waals surface area contributed by atoms with Gasteiger partial charge in [0.2, 0.25) is 21.8 Å². The highest BCUT2D eigenvalue weighted by Crippen LogP contribution is 2.28. The van der Waals surface area contributed by atoms with Gasteiger partial charge in [-0.05, 0) is 51.3 Å². The Morgan fingerprint density at radius 1 is 0.889 bits per heavy atom. The van der Waals surface area contributed by atoms with Crippen molar-refractivity contribution < 1.29 is 18.0 Å². The molecule has 1 unspecified atom stereocenters. The summed E-state index contributed by atoms with van der Waals surface area (Å²) in [5.74, 6) is -0.834. The molecule has 3 aromatic carbocycles. The fraction of sp³-hybridized carbons (Fsp3) is 0.231. The van der Waals surface area contributed by atoms with E-state index in [4.69, 9.17) is 0 Å². The molecule has 0 saturated heterocycles. The highest BCUT2D eigenvalue weighted by atomic mass is 79.9. The zero-order chi connectivity index (χ0) is 26.3. The molecule has 0 saturated carbocycles. The first kappa shape index (κ1) is 27.9. The Balaban J connectivity index is 2.03. The van der Waals surface area contributed by atoms with Gasteiger partial charge in [-0.1, -0.05) is 70.5 Å². The summed E-state index contributed by atoms with van der Waals surface area (Å²) < 4.78 is 28.0. The topological polar surface area (TPSA) is 86.8 Å². The van der Waals surface area contributed by atoms with E-state index in [1.54, 1.807) is 24.3 Å². The molecule has 0 bridgehead atoms. The number of likely N-dealkylation sites (N-methyl/N-ethyl adjacent to an activating group) is 1. The lowest BCUT2D eigenvalue weighted by Crippen LogP contribution is -2.52. The Bertz CT molecular complexity index is 1300. The van der Waals surface area contributed by atoms with Crippen molar-refractivity contribution in [2.45, 2.75) is 19.0 Å². The van der Waals surface area contributed by atoms with E-state index >= 15 is 0 Å². The fourth-order valence-corrected chi connectivity index (χ4v) is 5.50. The van der Waals surface area contributed by atoms with Crippen LogP contribution in [0.25, 0.3) is 0 Å². The zero-order valence-corrected chi connectivity index (χ0v) is 23.9. The van der Waals surface area contributed by atoms with E-state index in [1.807, 2.05) is 54.6 Å². The number of hydrogen-bond donors (Lipinski definition) is 1. The van der Waals surface area contributed by atoms with Crippen molar-refractivity contribution in [1.82, 2.24) is 10.2 Å². The second-order valence-corrected chi connectivity index (χ2v) is 11.9. The summed E-state index contributed by atoms with van der Waals surface area (Å²) in [6.07, 6.45) is 1.33. The van der Waals surface area contributed by atoms with Crippen LogP contribution in [0.2, 0.25) is 0 Å². The number of benzene rings is 3. The minimum atomic E-state index is -3.81. The Morgan fingerprint density at radius 3 is 2.08 bits per heavy atom. The lowest BCUT2D eigenvalue weighted by molar-refractivity contribution is -0.139. The number of carbonyl (C=O) groups excluding carboxylic acids is 2. The summed E-state index contributed by atoms with van der Waals surface area (Å²) in [7, 11) is -2.29. The van der Waals surface area contributed by atoms with Crippen LogP contribution in [0, 0.1) is 0 Å². The Hall–Kier alpha value is -2.69. The molecule has 0 radical (unpaired) electrons. The fourth-order valence-electron chi connectivity index (χ4n) is 3.76. The summed E-state index contributed by atoms with van der Waals surface area (Å²) >= 11 is 6.80. The SMILES string of the molecule is CNC(=O)C(Cc1ccccc1)N(Cc1ccc(Br)cc1)C(=O)CN(c1ccccc1Br)S(C)(=O)=O. The van der Waals surface area contributed by atoms with Gasteiger partial charge in [-0.25, -0.2) is 8.42 Å². The molecule has 0 heterocycles. The molecule has 10 heteroatoms. The molecule has 7 nitrogen and oxygen atoms in total. The number of anilines is 1. The Kier molecular flexibility index (Phi) is 9.69. The first-order valence-electron chi connectivity index (χ1n) is 11.1. The van der Waals surface area contributed by atoms with E-state index in [9.17, 15) is 18.0 Å². The minimum absolute atomic E-state index is 0.130. The molecule has 0 fully saturated rings. The van der Waals surface area contributed by atoms with Crippen molar-refractivity contribution in [1.29, 1.82) is 0 Å². The van der Waals surface area contributed by atoms with E-state index < -0.39 is 28.5 Å². The van der Waals surface area contributed by atoms with Gasteiger partial charge in [0.15, 0.2) is 0 Å². The van der Waals surface area contributed by atoms with Crippen LogP contribution < -0.4 is 9.62 Å². The molecule has 0 spiro atoms. The van der Waals surface area contributed by atoms with Crippen molar-refractivity contribution in [3.63, 3.8) is 0 Å². The molecular formula is C26H27Br2N3O4S. The van der Waals surface area contributed by atoms with E-state index in [1.165, 1.54) is 11.9 Å². The van der Waals surface area contributed by atoms with E-state index in [2.05, 4.69) is 37.2 Å². The minimum Gasteiger partial charge on any atom is -0.357 e. The summed E-state index contributed by atoms with van der Waals surface area (Å²) in [5, 5.41) is 2.66. The third-order valence-electron chi connectivity index (χ3n) is 5.58.